The van der Waals surface area contributed by atoms with E-state index in [0.717, 1.165) is 16.9 Å². The summed E-state index contributed by atoms with van der Waals surface area (Å²) >= 11 is 0. The lowest BCUT2D eigenvalue weighted by molar-refractivity contribution is -0.111. The van der Waals surface area contributed by atoms with Crippen LogP contribution in [0.4, 0.5) is 5.69 Å². The molecule has 3 aromatic rings. The van der Waals surface area contributed by atoms with Crippen molar-refractivity contribution in [2.75, 3.05) is 12.1 Å². The van der Waals surface area contributed by atoms with E-state index in [-0.39, 0.29) is 12.7 Å². The van der Waals surface area contributed by atoms with Gasteiger partial charge in [0.15, 0.2) is 11.5 Å². The van der Waals surface area contributed by atoms with Crippen LogP contribution in [-0.2, 0) is 11.4 Å². The third-order valence-corrected chi connectivity index (χ3v) is 4.20. The van der Waals surface area contributed by atoms with Gasteiger partial charge in [-0.3, -0.25) is 4.79 Å². The first-order chi connectivity index (χ1) is 13.8. The number of hydrogen-bond donors (Lipinski definition) is 1. The quantitative estimate of drug-likeness (QED) is 0.639. The molecule has 1 N–H and O–H groups in total. The number of rotatable bonds is 6. The topological polar surface area (TPSA) is 56.8 Å². The van der Waals surface area contributed by atoms with Gasteiger partial charge in [0.2, 0.25) is 12.7 Å². The van der Waals surface area contributed by atoms with Gasteiger partial charge in [-0.1, -0.05) is 42.5 Å². The van der Waals surface area contributed by atoms with E-state index in [4.69, 9.17) is 14.2 Å². The highest BCUT2D eigenvalue weighted by Gasteiger charge is 2.13. The second-order valence-electron chi connectivity index (χ2n) is 6.23. The minimum atomic E-state index is -0.219. The summed E-state index contributed by atoms with van der Waals surface area (Å²) in [6.45, 7) is 0.728. The SMILES string of the molecule is O=C(/C=C/c1ccc(OCc2ccccc2)cc1)Nc1ccc2c(c1)OCO2. The molecule has 0 spiro atoms. The van der Waals surface area contributed by atoms with Crippen molar-refractivity contribution in [1.29, 1.82) is 0 Å². The molecular weight excluding hydrogens is 354 g/mol. The molecule has 5 nitrogen and oxygen atoms in total. The van der Waals surface area contributed by atoms with Gasteiger partial charge < -0.3 is 19.5 Å². The molecule has 1 amide bonds. The molecule has 140 valence electrons. The zero-order valence-electron chi connectivity index (χ0n) is 15.1. The molecule has 0 aromatic heterocycles. The summed E-state index contributed by atoms with van der Waals surface area (Å²) in [4.78, 5) is 12.1. The monoisotopic (exact) mass is 373 g/mol. The maximum atomic E-state index is 12.1. The standard InChI is InChI=1S/C23H19NO4/c25-23(24-19-9-12-21-22(14-19)28-16-27-21)13-8-17-6-10-20(11-7-17)26-15-18-4-2-1-3-5-18/h1-14H,15-16H2,(H,24,25)/b13-8+. The van der Waals surface area contributed by atoms with Gasteiger partial charge in [-0.25, -0.2) is 0 Å². The summed E-state index contributed by atoms with van der Waals surface area (Å²) in [6, 6.07) is 22.9. The van der Waals surface area contributed by atoms with E-state index in [9.17, 15) is 4.79 Å². The zero-order valence-corrected chi connectivity index (χ0v) is 15.1. The van der Waals surface area contributed by atoms with Gasteiger partial charge in [-0.05, 0) is 41.5 Å². The molecule has 3 aromatic carbocycles. The molecule has 0 radical (unpaired) electrons. The van der Waals surface area contributed by atoms with Gasteiger partial charge in [0.25, 0.3) is 0 Å². The van der Waals surface area contributed by atoms with E-state index in [1.165, 1.54) is 6.08 Å². The Labute approximate surface area is 163 Å². The number of hydrogen-bond acceptors (Lipinski definition) is 4. The van der Waals surface area contributed by atoms with Gasteiger partial charge in [0.05, 0.1) is 0 Å². The summed E-state index contributed by atoms with van der Waals surface area (Å²) in [5, 5.41) is 2.81. The number of fused-ring (bicyclic) bond motifs is 1. The van der Waals surface area contributed by atoms with E-state index in [0.29, 0.717) is 23.8 Å². The molecule has 0 aliphatic carbocycles. The third kappa shape index (κ3) is 4.51. The number of amides is 1. The molecule has 0 bridgehead atoms. The lowest BCUT2D eigenvalue weighted by atomic mass is 10.2. The first kappa shape index (κ1) is 17.7. The molecule has 1 aliphatic rings. The van der Waals surface area contributed by atoms with Gasteiger partial charge in [-0.15, -0.1) is 0 Å². The van der Waals surface area contributed by atoms with Crippen LogP contribution in [0.1, 0.15) is 11.1 Å². The van der Waals surface area contributed by atoms with Crippen LogP contribution < -0.4 is 19.5 Å². The summed E-state index contributed by atoms with van der Waals surface area (Å²) in [5.74, 6) is 1.88. The number of carbonyl (C=O) groups is 1. The Morgan fingerprint density at radius 2 is 1.75 bits per heavy atom. The Kier molecular flexibility index (Phi) is 5.24. The second-order valence-corrected chi connectivity index (χ2v) is 6.23. The van der Waals surface area contributed by atoms with Crippen LogP contribution in [0.15, 0.2) is 78.9 Å². The largest absolute Gasteiger partial charge is 0.489 e. The van der Waals surface area contributed by atoms with Crippen LogP contribution in [0.25, 0.3) is 6.08 Å². The van der Waals surface area contributed by atoms with E-state index in [1.54, 1.807) is 24.3 Å². The van der Waals surface area contributed by atoms with Crippen LogP contribution in [0.5, 0.6) is 17.2 Å². The van der Waals surface area contributed by atoms with E-state index in [1.807, 2.05) is 54.6 Å². The molecule has 0 fully saturated rings. The molecular formula is C23H19NO4. The van der Waals surface area contributed by atoms with Crippen molar-refractivity contribution in [1.82, 2.24) is 0 Å². The van der Waals surface area contributed by atoms with Crippen LogP contribution in [0.2, 0.25) is 0 Å². The summed E-state index contributed by atoms with van der Waals surface area (Å²) in [7, 11) is 0. The number of carbonyl (C=O) groups excluding carboxylic acids is 1. The Balaban J connectivity index is 1.31. The van der Waals surface area contributed by atoms with Crippen molar-refractivity contribution in [3.63, 3.8) is 0 Å². The molecule has 0 saturated heterocycles. The first-order valence-electron chi connectivity index (χ1n) is 8.92. The highest BCUT2D eigenvalue weighted by atomic mass is 16.7. The molecule has 5 heteroatoms. The minimum Gasteiger partial charge on any atom is -0.489 e. The molecule has 4 rings (SSSR count). The first-order valence-corrected chi connectivity index (χ1v) is 8.92. The Hall–Kier alpha value is -3.73. The molecule has 0 atom stereocenters. The van der Waals surface area contributed by atoms with E-state index < -0.39 is 0 Å². The average Bonchev–Trinajstić information content (AvgIpc) is 3.20. The molecule has 1 heterocycles. The maximum Gasteiger partial charge on any atom is 0.248 e. The van der Waals surface area contributed by atoms with E-state index in [2.05, 4.69) is 5.32 Å². The van der Waals surface area contributed by atoms with E-state index >= 15 is 0 Å². The predicted octanol–water partition coefficient (Wildman–Crippen LogP) is 4.65. The van der Waals surface area contributed by atoms with Crippen molar-refractivity contribution >= 4 is 17.7 Å². The fraction of sp³-hybridized carbons (Fsp3) is 0.0870. The number of anilines is 1. The average molecular weight is 373 g/mol. The molecule has 28 heavy (non-hydrogen) atoms. The van der Waals surface area contributed by atoms with Gasteiger partial charge >= 0.3 is 0 Å². The second kappa shape index (κ2) is 8.31. The maximum absolute atomic E-state index is 12.1. The molecule has 1 aliphatic heterocycles. The lowest BCUT2D eigenvalue weighted by Gasteiger charge is -2.06. The zero-order chi connectivity index (χ0) is 19.2. The Morgan fingerprint density at radius 1 is 0.964 bits per heavy atom. The fourth-order valence-corrected chi connectivity index (χ4v) is 2.75. The summed E-state index contributed by atoms with van der Waals surface area (Å²) in [6.07, 6.45) is 3.24. The minimum absolute atomic E-state index is 0.206. The third-order valence-electron chi connectivity index (χ3n) is 4.20. The summed E-state index contributed by atoms with van der Waals surface area (Å²) < 4.78 is 16.3. The van der Waals surface area contributed by atoms with Crippen molar-refractivity contribution in [3.8, 4) is 17.2 Å². The van der Waals surface area contributed by atoms with Gasteiger partial charge in [0.1, 0.15) is 12.4 Å². The van der Waals surface area contributed by atoms with Crippen molar-refractivity contribution in [2.24, 2.45) is 0 Å². The number of nitrogens with one attached hydrogen (secondary N) is 1. The predicted molar refractivity (Wildman–Crippen MR) is 107 cm³/mol. The highest BCUT2D eigenvalue weighted by molar-refractivity contribution is 6.02. The van der Waals surface area contributed by atoms with Crippen molar-refractivity contribution in [3.05, 3.63) is 90.0 Å². The van der Waals surface area contributed by atoms with Gasteiger partial charge in [-0.2, -0.15) is 0 Å². The fourth-order valence-electron chi connectivity index (χ4n) is 2.75. The van der Waals surface area contributed by atoms with Gasteiger partial charge in [0, 0.05) is 17.8 Å². The van der Waals surface area contributed by atoms with Crippen LogP contribution in [0.3, 0.4) is 0 Å². The van der Waals surface area contributed by atoms with Crippen molar-refractivity contribution in [2.45, 2.75) is 6.61 Å². The Bertz CT molecular complexity index is 981. The summed E-state index contributed by atoms with van der Waals surface area (Å²) in [5.41, 5.74) is 2.68. The molecule has 0 unspecified atom stereocenters. The highest BCUT2D eigenvalue weighted by Crippen LogP contribution is 2.34. The van der Waals surface area contributed by atoms with Crippen LogP contribution in [0, 0.1) is 0 Å². The lowest BCUT2D eigenvalue weighted by Crippen LogP contribution is -2.07. The van der Waals surface area contributed by atoms with Crippen LogP contribution in [-0.4, -0.2) is 12.7 Å². The van der Waals surface area contributed by atoms with Crippen molar-refractivity contribution < 1.29 is 19.0 Å². The number of benzene rings is 3. The normalized spacial score (nSPS) is 12.1. The number of ether oxygens (including phenoxy) is 3. The molecule has 0 saturated carbocycles. The van der Waals surface area contributed by atoms with Crippen LogP contribution >= 0.6 is 0 Å². The smallest absolute Gasteiger partial charge is 0.248 e. The Morgan fingerprint density at radius 3 is 2.57 bits per heavy atom.